The van der Waals surface area contributed by atoms with Gasteiger partial charge in [-0.1, -0.05) is 29.3 Å². The lowest BCUT2D eigenvalue weighted by atomic mass is 10.1. The second-order valence-corrected chi connectivity index (χ2v) is 7.87. The number of anilines is 1. The summed E-state index contributed by atoms with van der Waals surface area (Å²) in [5, 5.41) is 2.33. The summed E-state index contributed by atoms with van der Waals surface area (Å²) in [4.78, 5) is 38.7. The Hall–Kier alpha value is -2.55. The topological polar surface area (TPSA) is 84.9 Å². The van der Waals surface area contributed by atoms with Crippen molar-refractivity contribution in [3.8, 4) is 11.5 Å². The number of ether oxygens (including phenoxy) is 2. The predicted octanol–water partition coefficient (Wildman–Crippen LogP) is 5.22. The van der Waals surface area contributed by atoms with Crippen molar-refractivity contribution in [3.63, 3.8) is 0 Å². The van der Waals surface area contributed by atoms with Crippen LogP contribution in [0.25, 0.3) is 6.08 Å². The highest BCUT2D eigenvalue weighted by Gasteiger charge is 2.38. The van der Waals surface area contributed by atoms with Crippen molar-refractivity contribution in [2.45, 2.75) is 13.8 Å². The van der Waals surface area contributed by atoms with E-state index in [4.69, 9.17) is 32.7 Å². The SMILES string of the molecule is CCOc1cc(/C=C2\C(=O)NC(=O)N(c3cccc(Cl)c3Cl)C2=O)cc(Br)c1OCC. The highest BCUT2D eigenvalue weighted by molar-refractivity contribution is 9.10. The molecule has 0 spiro atoms. The van der Waals surface area contributed by atoms with Gasteiger partial charge < -0.3 is 9.47 Å². The minimum atomic E-state index is -0.917. The lowest BCUT2D eigenvalue weighted by Crippen LogP contribution is -2.54. The third-order valence-corrected chi connectivity index (χ3v) is 5.60. The van der Waals surface area contributed by atoms with Gasteiger partial charge in [0.15, 0.2) is 11.5 Å². The summed E-state index contributed by atoms with van der Waals surface area (Å²) in [5.41, 5.74) is 0.302. The fourth-order valence-corrected chi connectivity index (χ4v) is 3.88. The highest BCUT2D eigenvalue weighted by atomic mass is 79.9. The van der Waals surface area contributed by atoms with Crippen LogP contribution in [0, 0.1) is 0 Å². The first kappa shape index (κ1) is 23.1. The van der Waals surface area contributed by atoms with E-state index in [0.717, 1.165) is 4.90 Å². The van der Waals surface area contributed by atoms with Gasteiger partial charge in [-0.3, -0.25) is 14.9 Å². The molecule has 1 aliphatic rings. The molecule has 1 N–H and O–H groups in total. The van der Waals surface area contributed by atoms with Gasteiger partial charge in [-0.25, -0.2) is 9.69 Å². The molecule has 31 heavy (non-hydrogen) atoms. The van der Waals surface area contributed by atoms with Gasteiger partial charge in [0.25, 0.3) is 11.8 Å². The van der Waals surface area contributed by atoms with Gasteiger partial charge in [0.05, 0.1) is 33.4 Å². The number of benzene rings is 2. The first-order chi connectivity index (χ1) is 14.8. The summed E-state index contributed by atoms with van der Waals surface area (Å²) >= 11 is 15.6. The molecule has 4 amide bonds. The quantitative estimate of drug-likeness (QED) is 0.411. The molecule has 0 radical (unpaired) electrons. The van der Waals surface area contributed by atoms with Crippen LogP contribution >= 0.6 is 39.1 Å². The van der Waals surface area contributed by atoms with Crippen LogP contribution in [0.5, 0.6) is 11.5 Å². The van der Waals surface area contributed by atoms with Crippen LogP contribution < -0.4 is 19.7 Å². The third-order valence-electron chi connectivity index (χ3n) is 4.21. The van der Waals surface area contributed by atoms with Crippen LogP contribution in [-0.2, 0) is 9.59 Å². The van der Waals surface area contributed by atoms with Gasteiger partial charge in [0.2, 0.25) is 0 Å². The number of carbonyl (C=O) groups is 3. The number of nitrogens with one attached hydrogen (secondary N) is 1. The molecule has 3 rings (SSSR count). The van der Waals surface area contributed by atoms with E-state index in [1.807, 2.05) is 13.8 Å². The molecule has 10 heteroatoms. The third kappa shape index (κ3) is 4.71. The van der Waals surface area contributed by atoms with Gasteiger partial charge in [-0.2, -0.15) is 0 Å². The monoisotopic (exact) mass is 526 g/mol. The molecule has 0 aliphatic carbocycles. The van der Waals surface area contributed by atoms with Crippen molar-refractivity contribution in [1.82, 2.24) is 5.32 Å². The Morgan fingerprint density at radius 2 is 1.81 bits per heavy atom. The van der Waals surface area contributed by atoms with Crippen molar-refractivity contribution in [3.05, 3.63) is 56.0 Å². The van der Waals surface area contributed by atoms with Crippen molar-refractivity contribution in [1.29, 1.82) is 0 Å². The van der Waals surface area contributed by atoms with Crippen LogP contribution in [0.15, 0.2) is 40.4 Å². The fourth-order valence-electron chi connectivity index (χ4n) is 2.93. The number of hydrogen-bond acceptors (Lipinski definition) is 5. The zero-order chi connectivity index (χ0) is 22.7. The van der Waals surface area contributed by atoms with E-state index in [2.05, 4.69) is 21.2 Å². The smallest absolute Gasteiger partial charge is 0.336 e. The Balaban J connectivity index is 2.07. The first-order valence-corrected chi connectivity index (χ1v) is 10.8. The van der Waals surface area contributed by atoms with E-state index in [0.29, 0.717) is 34.7 Å². The van der Waals surface area contributed by atoms with Crippen LogP contribution in [0.3, 0.4) is 0 Å². The fraction of sp³-hybridized carbons (Fsp3) is 0.190. The molecule has 0 atom stereocenters. The lowest BCUT2D eigenvalue weighted by Gasteiger charge is -2.27. The average Bonchev–Trinajstić information content (AvgIpc) is 2.71. The zero-order valence-electron chi connectivity index (χ0n) is 16.5. The normalized spacial score (nSPS) is 15.3. The van der Waals surface area contributed by atoms with Crippen LogP contribution in [0.1, 0.15) is 19.4 Å². The van der Waals surface area contributed by atoms with E-state index in [9.17, 15) is 14.4 Å². The molecule has 162 valence electrons. The number of nitrogens with zero attached hydrogens (tertiary/aromatic N) is 1. The molecular weight excluding hydrogens is 511 g/mol. The molecule has 1 fully saturated rings. The second-order valence-electron chi connectivity index (χ2n) is 6.23. The summed E-state index contributed by atoms with van der Waals surface area (Å²) in [6.07, 6.45) is 1.36. The van der Waals surface area contributed by atoms with E-state index < -0.39 is 17.8 Å². The molecule has 1 aliphatic heterocycles. The number of halogens is 3. The Morgan fingerprint density at radius 1 is 1.10 bits per heavy atom. The van der Waals surface area contributed by atoms with Crippen LogP contribution in [-0.4, -0.2) is 31.1 Å². The standard InChI is InChI=1S/C21H17BrCl2N2O5/c1-3-30-16-10-11(9-13(22)18(16)31-4-2)8-12-19(27)25-21(29)26(20(12)28)15-7-5-6-14(23)17(15)24/h5-10H,3-4H2,1-2H3,(H,25,27,29)/b12-8+. The molecular formula is C21H17BrCl2N2O5. The van der Waals surface area contributed by atoms with E-state index in [1.54, 1.807) is 18.2 Å². The number of barbiturate groups is 1. The number of urea groups is 1. The molecule has 0 bridgehead atoms. The summed E-state index contributed by atoms with van der Waals surface area (Å²) in [6.45, 7) is 4.49. The molecule has 0 unspecified atom stereocenters. The van der Waals surface area contributed by atoms with E-state index in [-0.39, 0.29) is 21.3 Å². The van der Waals surface area contributed by atoms with Crippen molar-refractivity contribution in [2.24, 2.45) is 0 Å². The minimum Gasteiger partial charge on any atom is -0.490 e. The minimum absolute atomic E-state index is 0.0174. The van der Waals surface area contributed by atoms with Crippen molar-refractivity contribution in [2.75, 3.05) is 18.1 Å². The Labute approximate surface area is 197 Å². The lowest BCUT2D eigenvalue weighted by molar-refractivity contribution is -0.122. The summed E-state index contributed by atoms with van der Waals surface area (Å²) < 4.78 is 11.8. The van der Waals surface area contributed by atoms with Gasteiger partial charge in [-0.15, -0.1) is 0 Å². The summed E-state index contributed by atoms with van der Waals surface area (Å²) in [6, 6.07) is 6.92. The highest BCUT2D eigenvalue weighted by Crippen LogP contribution is 2.38. The largest absolute Gasteiger partial charge is 0.490 e. The maximum atomic E-state index is 13.1. The van der Waals surface area contributed by atoms with Crippen LogP contribution in [0.2, 0.25) is 10.0 Å². The van der Waals surface area contributed by atoms with E-state index >= 15 is 0 Å². The van der Waals surface area contributed by atoms with Gasteiger partial charge >= 0.3 is 6.03 Å². The number of carbonyl (C=O) groups excluding carboxylic acids is 3. The Bertz CT molecular complexity index is 1100. The maximum absolute atomic E-state index is 13.1. The Morgan fingerprint density at radius 3 is 2.48 bits per heavy atom. The van der Waals surface area contributed by atoms with Gasteiger partial charge in [0, 0.05) is 0 Å². The van der Waals surface area contributed by atoms with Crippen LogP contribution in [0.4, 0.5) is 10.5 Å². The maximum Gasteiger partial charge on any atom is 0.336 e. The molecule has 2 aromatic rings. The van der Waals surface area contributed by atoms with E-state index in [1.165, 1.54) is 18.2 Å². The molecule has 1 saturated heterocycles. The number of hydrogen-bond donors (Lipinski definition) is 1. The Kier molecular flexibility index (Phi) is 7.25. The summed E-state index contributed by atoms with van der Waals surface area (Å²) in [7, 11) is 0. The van der Waals surface area contributed by atoms with Crippen molar-refractivity contribution < 1.29 is 23.9 Å². The molecule has 0 aromatic heterocycles. The average molecular weight is 528 g/mol. The van der Waals surface area contributed by atoms with Crippen molar-refractivity contribution >= 4 is 68.7 Å². The van der Waals surface area contributed by atoms with Gasteiger partial charge in [0.1, 0.15) is 5.57 Å². The number of rotatable bonds is 6. The zero-order valence-corrected chi connectivity index (χ0v) is 19.6. The molecule has 1 heterocycles. The molecule has 0 saturated carbocycles. The molecule has 7 nitrogen and oxygen atoms in total. The first-order valence-electron chi connectivity index (χ1n) is 9.23. The molecule has 2 aromatic carbocycles. The summed E-state index contributed by atoms with van der Waals surface area (Å²) in [5.74, 6) is -0.707. The number of imide groups is 2. The van der Waals surface area contributed by atoms with Gasteiger partial charge in [-0.05, 0) is 65.7 Å². The number of amides is 4. The second kappa shape index (κ2) is 9.72. The predicted molar refractivity (Wildman–Crippen MR) is 122 cm³/mol.